The predicted molar refractivity (Wildman–Crippen MR) is 76.0 cm³/mol. The lowest BCUT2D eigenvalue weighted by atomic mass is 10.2. The van der Waals surface area contributed by atoms with Crippen LogP contribution in [0, 0.1) is 0 Å². The maximum atomic E-state index is 12.4. The van der Waals surface area contributed by atoms with Crippen LogP contribution in [0.15, 0.2) is 18.2 Å². The van der Waals surface area contributed by atoms with Crippen LogP contribution in [-0.2, 0) is 9.59 Å². The number of nitrogens with zero attached hydrogens (tertiary/aromatic N) is 2. The first-order chi connectivity index (χ1) is 10.3. The van der Waals surface area contributed by atoms with Crippen molar-refractivity contribution in [3.05, 3.63) is 23.2 Å². The molecule has 2 rings (SSSR count). The summed E-state index contributed by atoms with van der Waals surface area (Å²) in [5, 5.41) is 2.93. The quantitative estimate of drug-likeness (QED) is 0.861. The number of hydrogen-bond donors (Lipinski definition) is 1. The highest BCUT2D eigenvalue weighted by molar-refractivity contribution is 6.31. The van der Waals surface area contributed by atoms with Gasteiger partial charge in [0.05, 0.1) is 11.4 Å². The maximum absolute atomic E-state index is 12.4. The average molecular weight is 336 g/mol. The van der Waals surface area contributed by atoms with Crippen molar-refractivity contribution < 1.29 is 22.8 Å². The van der Waals surface area contributed by atoms with Crippen LogP contribution in [0.25, 0.3) is 0 Å². The first-order valence-electron chi connectivity index (χ1n) is 6.43. The molecule has 0 unspecified atom stereocenters. The number of benzene rings is 1. The SMILES string of the molecule is O=CNc1cc(Cl)ccc1N1CCN(C(=O)C(F)(F)F)CC1. The van der Waals surface area contributed by atoms with E-state index < -0.39 is 12.1 Å². The Morgan fingerprint density at radius 3 is 2.41 bits per heavy atom. The molecule has 9 heteroatoms. The summed E-state index contributed by atoms with van der Waals surface area (Å²) in [4.78, 5) is 24.4. The Labute approximate surface area is 129 Å². The number of anilines is 2. The molecule has 2 amide bonds. The molecule has 120 valence electrons. The highest BCUT2D eigenvalue weighted by Crippen LogP contribution is 2.30. The van der Waals surface area contributed by atoms with Gasteiger partial charge in [-0.05, 0) is 18.2 Å². The number of carbonyl (C=O) groups is 2. The fourth-order valence-electron chi connectivity index (χ4n) is 2.29. The molecule has 1 N–H and O–H groups in total. The Kier molecular flexibility index (Phi) is 4.80. The molecule has 0 aromatic heterocycles. The van der Waals surface area contributed by atoms with E-state index >= 15 is 0 Å². The van der Waals surface area contributed by atoms with Crippen LogP contribution < -0.4 is 10.2 Å². The fourth-order valence-corrected chi connectivity index (χ4v) is 2.46. The maximum Gasteiger partial charge on any atom is 0.471 e. The van der Waals surface area contributed by atoms with Crippen LogP contribution in [0.1, 0.15) is 0 Å². The summed E-state index contributed by atoms with van der Waals surface area (Å²) >= 11 is 5.85. The minimum absolute atomic E-state index is 0.0402. The zero-order valence-electron chi connectivity index (χ0n) is 11.4. The molecule has 0 bridgehead atoms. The molecular formula is C13H13ClF3N3O2. The van der Waals surface area contributed by atoms with E-state index in [1.54, 1.807) is 23.1 Å². The Morgan fingerprint density at radius 1 is 1.23 bits per heavy atom. The average Bonchev–Trinajstić information content (AvgIpc) is 2.46. The second-order valence-corrected chi connectivity index (χ2v) is 5.14. The number of alkyl halides is 3. The van der Waals surface area contributed by atoms with Crippen molar-refractivity contribution in [1.29, 1.82) is 0 Å². The summed E-state index contributed by atoms with van der Waals surface area (Å²) in [6, 6.07) is 4.86. The molecule has 0 spiro atoms. The minimum Gasteiger partial charge on any atom is -0.366 e. The molecule has 1 aromatic rings. The van der Waals surface area contributed by atoms with Gasteiger partial charge in [-0.2, -0.15) is 13.2 Å². The van der Waals surface area contributed by atoms with E-state index in [0.717, 1.165) is 4.90 Å². The van der Waals surface area contributed by atoms with Gasteiger partial charge in [0.15, 0.2) is 0 Å². The molecular weight excluding hydrogens is 323 g/mol. The zero-order chi connectivity index (χ0) is 16.3. The molecule has 1 fully saturated rings. The summed E-state index contributed by atoms with van der Waals surface area (Å²) in [6.45, 7) is 0.386. The molecule has 0 saturated carbocycles. The van der Waals surface area contributed by atoms with Crippen molar-refractivity contribution in [3.63, 3.8) is 0 Å². The lowest BCUT2D eigenvalue weighted by Gasteiger charge is -2.37. The second kappa shape index (κ2) is 6.43. The van der Waals surface area contributed by atoms with Gasteiger partial charge in [0.1, 0.15) is 0 Å². The largest absolute Gasteiger partial charge is 0.471 e. The monoisotopic (exact) mass is 335 g/mol. The van der Waals surface area contributed by atoms with Crippen molar-refractivity contribution in [3.8, 4) is 0 Å². The lowest BCUT2D eigenvalue weighted by Crippen LogP contribution is -2.52. The number of hydrogen-bond acceptors (Lipinski definition) is 3. The van der Waals surface area contributed by atoms with Crippen LogP contribution in [0.5, 0.6) is 0 Å². The summed E-state index contributed by atoms with van der Waals surface area (Å²) in [6.07, 6.45) is -4.36. The van der Waals surface area contributed by atoms with Gasteiger partial charge in [-0.25, -0.2) is 0 Å². The third-order valence-corrected chi connectivity index (χ3v) is 3.56. The van der Waals surface area contributed by atoms with Crippen molar-refractivity contribution in [2.75, 3.05) is 36.4 Å². The number of halogens is 4. The molecule has 5 nitrogen and oxygen atoms in total. The Morgan fingerprint density at radius 2 is 1.86 bits per heavy atom. The summed E-state index contributed by atoms with van der Waals surface area (Å²) < 4.78 is 37.2. The third-order valence-electron chi connectivity index (χ3n) is 3.32. The van der Waals surface area contributed by atoms with Crippen molar-refractivity contribution in [2.45, 2.75) is 6.18 Å². The Bertz CT molecular complexity index is 572. The van der Waals surface area contributed by atoms with Crippen LogP contribution in [0.3, 0.4) is 0 Å². The zero-order valence-corrected chi connectivity index (χ0v) is 12.1. The summed E-state index contributed by atoms with van der Waals surface area (Å²) in [7, 11) is 0. The molecule has 22 heavy (non-hydrogen) atoms. The van der Waals surface area contributed by atoms with Gasteiger partial charge in [-0.3, -0.25) is 9.59 Å². The first kappa shape index (κ1) is 16.4. The minimum atomic E-state index is -4.85. The molecule has 1 aliphatic rings. The van der Waals surface area contributed by atoms with E-state index in [2.05, 4.69) is 5.32 Å². The van der Waals surface area contributed by atoms with Gasteiger partial charge in [-0.15, -0.1) is 0 Å². The topological polar surface area (TPSA) is 52.7 Å². The van der Waals surface area contributed by atoms with Crippen molar-refractivity contribution >= 4 is 35.3 Å². The normalized spacial score (nSPS) is 15.6. The molecule has 1 heterocycles. The number of nitrogens with one attached hydrogen (secondary N) is 1. The highest BCUT2D eigenvalue weighted by atomic mass is 35.5. The summed E-state index contributed by atoms with van der Waals surface area (Å²) in [5.74, 6) is -1.82. The third kappa shape index (κ3) is 3.62. The van der Waals surface area contributed by atoms with Gasteiger partial charge in [0.2, 0.25) is 6.41 Å². The molecule has 1 aromatic carbocycles. The lowest BCUT2D eigenvalue weighted by molar-refractivity contribution is -0.185. The molecule has 0 atom stereocenters. The van der Waals surface area contributed by atoms with Crippen LogP contribution in [-0.4, -0.2) is 49.6 Å². The number of piperazine rings is 1. The van der Waals surface area contributed by atoms with Crippen molar-refractivity contribution in [1.82, 2.24) is 4.90 Å². The number of carbonyl (C=O) groups excluding carboxylic acids is 2. The van der Waals surface area contributed by atoms with Crippen LogP contribution in [0.2, 0.25) is 5.02 Å². The molecule has 1 aliphatic heterocycles. The van der Waals surface area contributed by atoms with E-state index in [-0.39, 0.29) is 26.2 Å². The molecule has 0 radical (unpaired) electrons. The predicted octanol–water partition coefficient (Wildman–Crippen LogP) is 2.12. The smallest absolute Gasteiger partial charge is 0.366 e. The van der Waals surface area contributed by atoms with Gasteiger partial charge in [0.25, 0.3) is 0 Å². The van der Waals surface area contributed by atoms with Crippen molar-refractivity contribution in [2.24, 2.45) is 0 Å². The van der Waals surface area contributed by atoms with E-state index in [0.29, 0.717) is 22.8 Å². The number of amides is 2. The van der Waals surface area contributed by atoms with E-state index in [1.807, 2.05) is 0 Å². The van der Waals surface area contributed by atoms with Gasteiger partial charge < -0.3 is 15.1 Å². The van der Waals surface area contributed by atoms with Gasteiger partial charge in [-0.1, -0.05) is 11.6 Å². The summed E-state index contributed by atoms with van der Waals surface area (Å²) in [5.41, 5.74) is 1.12. The molecule has 0 aliphatic carbocycles. The number of rotatable bonds is 3. The molecule has 1 saturated heterocycles. The van der Waals surface area contributed by atoms with Crippen LogP contribution in [0.4, 0.5) is 24.5 Å². The standard InChI is InChI=1S/C13H13ClF3N3O2/c14-9-1-2-11(10(7-9)18-8-21)19-3-5-20(6-4-19)12(22)13(15,16)17/h1-2,7-8H,3-6H2,(H,18,21). The van der Waals surface area contributed by atoms with Gasteiger partial charge >= 0.3 is 12.1 Å². The second-order valence-electron chi connectivity index (χ2n) is 4.70. The highest BCUT2D eigenvalue weighted by Gasteiger charge is 2.43. The van der Waals surface area contributed by atoms with Crippen LogP contribution >= 0.6 is 11.6 Å². The Balaban J connectivity index is 2.09. The van der Waals surface area contributed by atoms with Gasteiger partial charge in [0, 0.05) is 31.2 Å². The fraction of sp³-hybridized carbons (Fsp3) is 0.385. The van der Waals surface area contributed by atoms with E-state index in [4.69, 9.17) is 11.6 Å². The van der Waals surface area contributed by atoms with E-state index in [1.165, 1.54) is 0 Å². The van der Waals surface area contributed by atoms with E-state index in [9.17, 15) is 22.8 Å². The Hall–Kier alpha value is -1.96. The first-order valence-corrected chi connectivity index (χ1v) is 6.81.